The number of aliphatic hydroxyl groups excluding tert-OH is 1. The van der Waals surface area contributed by atoms with E-state index in [4.69, 9.17) is 17.5 Å². The summed E-state index contributed by atoms with van der Waals surface area (Å²) in [5.41, 5.74) is -3.39. The summed E-state index contributed by atoms with van der Waals surface area (Å²) in [5, 5.41) is 13.6. The standard InChI is InChI=1S/C13H23BN2O3/c1-11(2,9-17)16-8-10(7-15-16)14-18-12(3,4)13(5,6)19-14/h7-8,17H,9H2,1-6H3/i1D3,2D3. The van der Waals surface area contributed by atoms with E-state index in [1.165, 1.54) is 12.4 Å². The molecule has 0 amide bonds. The van der Waals surface area contributed by atoms with Crippen molar-refractivity contribution in [3.05, 3.63) is 12.4 Å². The molecule has 0 radical (unpaired) electrons. The molecule has 0 aromatic carbocycles. The van der Waals surface area contributed by atoms with E-state index in [2.05, 4.69) is 5.10 Å². The first-order valence-electron chi connectivity index (χ1n) is 9.11. The fourth-order valence-electron chi connectivity index (χ4n) is 1.72. The summed E-state index contributed by atoms with van der Waals surface area (Å²) < 4.78 is 58.5. The molecule has 0 unspecified atom stereocenters. The van der Waals surface area contributed by atoms with Gasteiger partial charge in [0.1, 0.15) is 0 Å². The highest BCUT2D eigenvalue weighted by Crippen LogP contribution is 2.36. The Kier molecular flexibility index (Phi) is 1.92. The fourth-order valence-corrected chi connectivity index (χ4v) is 1.72. The van der Waals surface area contributed by atoms with Gasteiger partial charge in [0.2, 0.25) is 0 Å². The van der Waals surface area contributed by atoms with E-state index in [1.54, 1.807) is 0 Å². The van der Waals surface area contributed by atoms with Crippen molar-refractivity contribution in [2.45, 2.75) is 58.1 Å². The molecule has 1 aromatic heterocycles. The van der Waals surface area contributed by atoms with Gasteiger partial charge in [-0.3, -0.25) is 4.68 Å². The van der Waals surface area contributed by atoms with Crippen LogP contribution in [-0.2, 0) is 14.8 Å². The Balaban J connectivity index is 2.46. The summed E-state index contributed by atoms with van der Waals surface area (Å²) >= 11 is 0. The molecule has 0 saturated carbocycles. The van der Waals surface area contributed by atoms with Crippen LogP contribution in [0.2, 0.25) is 0 Å². The van der Waals surface area contributed by atoms with Crippen molar-refractivity contribution in [1.82, 2.24) is 9.78 Å². The summed E-state index contributed by atoms with van der Waals surface area (Å²) in [7, 11) is -0.816. The monoisotopic (exact) mass is 272 g/mol. The van der Waals surface area contributed by atoms with E-state index in [1.807, 2.05) is 27.7 Å². The molecule has 1 N–H and O–H groups in total. The number of hydrogen-bond acceptors (Lipinski definition) is 4. The van der Waals surface area contributed by atoms with Gasteiger partial charge in [0.05, 0.1) is 23.3 Å². The van der Waals surface area contributed by atoms with E-state index < -0.39 is 44.2 Å². The third-order valence-corrected chi connectivity index (χ3v) is 3.75. The number of aromatic nitrogens is 2. The summed E-state index contributed by atoms with van der Waals surface area (Å²) in [5.74, 6) is 0. The molecule has 106 valence electrons. The molecule has 0 spiro atoms. The minimum absolute atomic E-state index is 0.380. The smallest absolute Gasteiger partial charge is 0.399 e. The molecule has 2 rings (SSSR count). The first kappa shape index (κ1) is 8.44. The lowest BCUT2D eigenvalue weighted by molar-refractivity contribution is 0.00578. The van der Waals surface area contributed by atoms with Crippen molar-refractivity contribution < 1.29 is 22.6 Å². The van der Waals surface area contributed by atoms with Gasteiger partial charge in [0.25, 0.3) is 0 Å². The van der Waals surface area contributed by atoms with Crippen LogP contribution in [0.15, 0.2) is 12.4 Å². The molecule has 1 aliphatic rings. The Morgan fingerprint density at radius 1 is 1.37 bits per heavy atom. The zero-order valence-electron chi connectivity index (χ0n) is 17.6. The van der Waals surface area contributed by atoms with Gasteiger partial charge < -0.3 is 14.4 Å². The highest BCUT2D eigenvalue weighted by molar-refractivity contribution is 6.62. The second-order valence-corrected chi connectivity index (χ2v) is 5.82. The summed E-state index contributed by atoms with van der Waals surface area (Å²) in [6, 6.07) is 0. The minimum atomic E-state index is -3.01. The van der Waals surface area contributed by atoms with Gasteiger partial charge >= 0.3 is 7.12 Å². The van der Waals surface area contributed by atoms with Crippen LogP contribution >= 0.6 is 0 Å². The first-order valence-corrected chi connectivity index (χ1v) is 6.11. The largest absolute Gasteiger partial charge is 0.498 e. The first-order chi connectivity index (χ1) is 11.1. The van der Waals surface area contributed by atoms with Crippen molar-refractivity contribution >= 4 is 12.6 Å². The molecule has 2 heterocycles. The second-order valence-electron chi connectivity index (χ2n) is 5.82. The maximum Gasteiger partial charge on any atom is 0.498 e. The maximum atomic E-state index is 9.70. The van der Waals surface area contributed by atoms with Gasteiger partial charge in [-0.15, -0.1) is 0 Å². The SMILES string of the molecule is [2H]C([2H])([2H])C(CO)(n1cc(B2OC(C)(C)C(C)(C)O2)cn1)C([2H])([2H])[2H]. The van der Waals surface area contributed by atoms with Crippen LogP contribution in [0.4, 0.5) is 0 Å². The van der Waals surface area contributed by atoms with Crippen molar-refractivity contribution in [2.24, 2.45) is 0 Å². The highest BCUT2D eigenvalue weighted by atomic mass is 16.7. The van der Waals surface area contributed by atoms with Gasteiger partial charge in [-0.05, 0) is 41.4 Å². The van der Waals surface area contributed by atoms with Crippen LogP contribution in [0, 0.1) is 0 Å². The summed E-state index contributed by atoms with van der Waals surface area (Å²) in [6.45, 7) is 0.310. The van der Waals surface area contributed by atoms with E-state index in [-0.39, 0.29) is 0 Å². The zero-order valence-corrected chi connectivity index (χ0v) is 11.6. The van der Waals surface area contributed by atoms with Gasteiger partial charge in [-0.25, -0.2) is 0 Å². The molecule has 5 nitrogen and oxygen atoms in total. The van der Waals surface area contributed by atoms with Crippen molar-refractivity contribution in [3.63, 3.8) is 0 Å². The average molecular weight is 272 g/mol. The molecular weight excluding hydrogens is 243 g/mol. The Bertz CT molecular complexity index is 610. The average Bonchev–Trinajstić information content (AvgIpc) is 2.91. The van der Waals surface area contributed by atoms with Gasteiger partial charge in [-0.2, -0.15) is 5.10 Å². The molecule has 6 heteroatoms. The minimum Gasteiger partial charge on any atom is -0.399 e. The van der Waals surface area contributed by atoms with Crippen molar-refractivity contribution in [3.8, 4) is 0 Å². The topological polar surface area (TPSA) is 56.5 Å². The molecule has 1 aromatic rings. The lowest BCUT2D eigenvalue weighted by Gasteiger charge is -2.32. The predicted octanol–water partition coefficient (Wildman–Crippen LogP) is 0.910. The Morgan fingerprint density at radius 2 is 1.95 bits per heavy atom. The van der Waals surface area contributed by atoms with E-state index in [0.29, 0.717) is 5.46 Å². The number of aliphatic hydroxyl groups is 1. The van der Waals surface area contributed by atoms with Crippen LogP contribution in [-0.4, -0.2) is 39.8 Å². The molecular formula is C13H23BN2O3. The fraction of sp³-hybridized carbons (Fsp3) is 0.769. The molecule has 1 saturated heterocycles. The lowest BCUT2D eigenvalue weighted by atomic mass is 9.82. The number of rotatable bonds is 3. The van der Waals surface area contributed by atoms with E-state index in [0.717, 1.165) is 4.68 Å². The normalized spacial score (nSPS) is 27.9. The van der Waals surface area contributed by atoms with Crippen LogP contribution < -0.4 is 5.46 Å². The highest BCUT2D eigenvalue weighted by Gasteiger charge is 2.52. The van der Waals surface area contributed by atoms with E-state index >= 15 is 0 Å². The molecule has 0 bridgehead atoms. The zero-order chi connectivity index (χ0) is 19.5. The maximum absolute atomic E-state index is 9.70. The van der Waals surface area contributed by atoms with Crippen LogP contribution in [0.1, 0.15) is 49.6 Å². The van der Waals surface area contributed by atoms with Crippen LogP contribution in [0.3, 0.4) is 0 Å². The predicted molar refractivity (Wildman–Crippen MR) is 74.4 cm³/mol. The lowest BCUT2D eigenvalue weighted by Crippen LogP contribution is -2.41. The second kappa shape index (κ2) is 4.33. The summed E-state index contributed by atoms with van der Waals surface area (Å²) in [6.07, 6.45) is 2.54. The Morgan fingerprint density at radius 3 is 2.42 bits per heavy atom. The van der Waals surface area contributed by atoms with Crippen LogP contribution in [0.5, 0.6) is 0 Å². The number of hydrogen-bond donors (Lipinski definition) is 1. The molecule has 0 atom stereocenters. The third kappa shape index (κ3) is 2.44. The summed E-state index contributed by atoms with van der Waals surface area (Å²) in [4.78, 5) is 0. The molecule has 1 aliphatic heterocycles. The Labute approximate surface area is 123 Å². The van der Waals surface area contributed by atoms with Gasteiger partial charge in [0.15, 0.2) is 0 Å². The quantitative estimate of drug-likeness (QED) is 0.831. The van der Waals surface area contributed by atoms with E-state index in [9.17, 15) is 5.11 Å². The third-order valence-electron chi connectivity index (χ3n) is 3.75. The van der Waals surface area contributed by atoms with Gasteiger partial charge in [0, 0.05) is 26.1 Å². The van der Waals surface area contributed by atoms with Crippen molar-refractivity contribution in [2.75, 3.05) is 6.61 Å². The molecule has 19 heavy (non-hydrogen) atoms. The molecule has 0 aliphatic carbocycles. The number of nitrogens with zero attached hydrogens (tertiary/aromatic N) is 2. The van der Waals surface area contributed by atoms with Gasteiger partial charge in [-0.1, -0.05) is 0 Å². The Hall–Kier alpha value is -0.845. The van der Waals surface area contributed by atoms with Crippen LogP contribution in [0.25, 0.3) is 0 Å². The van der Waals surface area contributed by atoms with Crippen molar-refractivity contribution in [1.29, 1.82) is 0 Å². The molecule has 1 fully saturated rings.